The maximum Gasteiger partial charge on any atom is 0.240 e. The van der Waals surface area contributed by atoms with Gasteiger partial charge in [0.05, 0.1) is 22.3 Å². The number of rotatable bonds is 5. The number of thiazole rings is 1. The summed E-state index contributed by atoms with van der Waals surface area (Å²) in [6.45, 7) is 1.86. The van der Waals surface area contributed by atoms with Gasteiger partial charge >= 0.3 is 0 Å². The first-order chi connectivity index (χ1) is 12.5. The highest BCUT2D eigenvalue weighted by Crippen LogP contribution is 2.37. The van der Waals surface area contributed by atoms with Crippen molar-refractivity contribution in [2.24, 2.45) is 0 Å². The lowest BCUT2D eigenvalue weighted by Crippen LogP contribution is -2.44. The summed E-state index contributed by atoms with van der Waals surface area (Å²) < 4.78 is 19.1. The van der Waals surface area contributed by atoms with Crippen molar-refractivity contribution in [3.05, 3.63) is 35.7 Å². The number of benzene rings is 1. The molecular weight excluding hydrogens is 357 g/mol. The van der Waals surface area contributed by atoms with Crippen molar-refractivity contribution in [2.75, 3.05) is 11.9 Å². The molecule has 0 aliphatic heterocycles. The lowest BCUT2D eigenvalue weighted by Gasteiger charge is -2.26. The lowest BCUT2D eigenvalue weighted by atomic mass is 9.96. The summed E-state index contributed by atoms with van der Waals surface area (Å²) in [5.41, 5.74) is 0.237. The standard InChI is InChI=1S/C17H18FN5O2S/c1-10-20-15(23-25-10)17(6-2-3-7-17)19-9-14(24)22-16-21-12-5-4-11(18)8-13(12)26-16/h4-5,8,19H,2-3,6-7,9H2,1H3,(H,21,22,24). The predicted molar refractivity (Wildman–Crippen MR) is 95.4 cm³/mol. The molecule has 9 heteroatoms. The second-order valence-corrected chi connectivity index (χ2v) is 7.49. The van der Waals surface area contributed by atoms with Gasteiger partial charge in [-0.05, 0) is 31.0 Å². The van der Waals surface area contributed by atoms with E-state index in [1.165, 1.54) is 23.5 Å². The quantitative estimate of drug-likeness (QED) is 0.712. The zero-order chi connectivity index (χ0) is 18.1. The molecule has 0 radical (unpaired) electrons. The number of carbonyl (C=O) groups is 1. The van der Waals surface area contributed by atoms with Crippen molar-refractivity contribution < 1.29 is 13.7 Å². The first-order valence-electron chi connectivity index (χ1n) is 8.46. The number of anilines is 1. The molecule has 1 aliphatic rings. The number of aromatic nitrogens is 3. The fraction of sp³-hybridized carbons (Fsp3) is 0.412. The predicted octanol–water partition coefficient (Wildman–Crippen LogP) is 3.12. The molecule has 1 fully saturated rings. The molecule has 1 amide bonds. The van der Waals surface area contributed by atoms with Crippen molar-refractivity contribution in [1.29, 1.82) is 0 Å². The third-order valence-electron chi connectivity index (χ3n) is 4.60. The second-order valence-electron chi connectivity index (χ2n) is 6.46. The van der Waals surface area contributed by atoms with Crippen LogP contribution in [0.3, 0.4) is 0 Å². The van der Waals surface area contributed by atoms with E-state index in [0.717, 1.165) is 25.7 Å². The summed E-state index contributed by atoms with van der Waals surface area (Å²) in [4.78, 5) is 21.0. The third kappa shape index (κ3) is 3.32. The molecule has 2 aromatic heterocycles. The van der Waals surface area contributed by atoms with Crippen LogP contribution in [0, 0.1) is 12.7 Å². The molecule has 0 atom stereocenters. The Labute approximate surface area is 153 Å². The monoisotopic (exact) mass is 375 g/mol. The zero-order valence-electron chi connectivity index (χ0n) is 14.2. The first-order valence-corrected chi connectivity index (χ1v) is 9.27. The Balaban J connectivity index is 1.43. The number of hydrogen-bond acceptors (Lipinski definition) is 7. The van der Waals surface area contributed by atoms with Gasteiger partial charge in [0.25, 0.3) is 0 Å². The Kier molecular flexibility index (Phi) is 4.41. The van der Waals surface area contributed by atoms with Crippen molar-refractivity contribution in [1.82, 2.24) is 20.4 Å². The van der Waals surface area contributed by atoms with Gasteiger partial charge in [0.15, 0.2) is 11.0 Å². The SMILES string of the molecule is Cc1nc(C2(NCC(=O)Nc3nc4ccc(F)cc4s3)CCCC2)no1. The summed E-state index contributed by atoms with van der Waals surface area (Å²) in [6, 6.07) is 4.36. The summed E-state index contributed by atoms with van der Waals surface area (Å²) in [6.07, 6.45) is 3.82. The van der Waals surface area contributed by atoms with E-state index in [2.05, 4.69) is 25.8 Å². The molecule has 1 aromatic carbocycles. The Morgan fingerprint density at radius 2 is 2.15 bits per heavy atom. The van der Waals surface area contributed by atoms with Crippen LogP contribution in [0.25, 0.3) is 10.2 Å². The average Bonchev–Trinajstić information content (AvgIpc) is 3.32. The first kappa shape index (κ1) is 17.0. The molecular formula is C17H18FN5O2S. The molecule has 1 aliphatic carbocycles. The summed E-state index contributed by atoms with van der Waals surface area (Å²) in [5, 5.41) is 10.6. The highest BCUT2D eigenvalue weighted by Gasteiger charge is 2.39. The van der Waals surface area contributed by atoms with Crippen molar-refractivity contribution in [2.45, 2.75) is 38.1 Å². The van der Waals surface area contributed by atoms with Gasteiger partial charge in [0.2, 0.25) is 11.8 Å². The maximum absolute atomic E-state index is 13.3. The molecule has 4 rings (SSSR count). The smallest absolute Gasteiger partial charge is 0.240 e. The molecule has 0 saturated heterocycles. The van der Waals surface area contributed by atoms with Gasteiger partial charge in [-0.25, -0.2) is 9.37 Å². The number of amides is 1. The number of aryl methyl sites for hydroxylation is 1. The maximum atomic E-state index is 13.3. The van der Waals surface area contributed by atoms with E-state index in [-0.39, 0.29) is 18.3 Å². The molecule has 0 bridgehead atoms. The van der Waals surface area contributed by atoms with Gasteiger partial charge < -0.3 is 9.84 Å². The number of fused-ring (bicyclic) bond motifs is 1. The molecule has 7 nitrogen and oxygen atoms in total. The van der Waals surface area contributed by atoms with Crippen LogP contribution >= 0.6 is 11.3 Å². The van der Waals surface area contributed by atoms with E-state index in [9.17, 15) is 9.18 Å². The van der Waals surface area contributed by atoms with Crippen molar-refractivity contribution in [3.63, 3.8) is 0 Å². The third-order valence-corrected chi connectivity index (χ3v) is 5.53. The largest absolute Gasteiger partial charge is 0.340 e. The van der Waals surface area contributed by atoms with Crippen LogP contribution in [0.2, 0.25) is 0 Å². The van der Waals surface area contributed by atoms with Gasteiger partial charge in [-0.2, -0.15) is 4.98 Å². The average molecular weight is 375 g/mol. The van der Waals surface area contributed by atoms with E-state index in [0.29, 0.717) is 27.1 Å². The van der Waals surface area contributed by atoms with Crippen LogP contribution in [0.1, 0.15) is 37.4 Å². The highest BCUT2D eigenvalue weighted by molar-refractivity contribution is 7.22. The van der Waals surface area contributed by atoms with Crippen LogP contribution in [0.5, 0.6) is 0 Å². The molecule has 26 heavy (non-hydrogen) atoms. The number of nitrogens with zero attached hydrogens (tertiary/aromatic N) is 3. The molecule has 0 spiro atoms. The Bertz CT molecular complexity index is 948. The van der Waals surface area contributed by atoms with Crippen LogP contribution in [-0.4, -0.2) is 27.6 Å². The number of nitrogens with one attached hydrogen (secondary N) is 2. The van der Waals surface area contributed by atoms with Crippen LogP contribution < -0.4 is 10.6 Å². The van der Waals surface area contributed by atoms with Gasteiger partial charge in [-0.15, -0.1) is 0 Å². The summed E-state index contributed by atoms with van der Waals surface area (Å²) >= 11 is 1.25. The fourth-order valence-electron chi connectivity index (χ4n) is 3.32. The Hall–Kier alpha value is -2.39. The Morgan fingerprint density at radius 3 is 2.88 bits per heavy atom. The fourth-order valence-corrected chi connectivity index (χ4v) is 4.22. The minimum Gasteiger partial charge on any atom is -0.340 e. The van der Waals surface area contributed by atoms with E-state index in [4.69, 9.17) is 4.52 Å². The van der Waals surface area contributed by atoms with Crippen LogP contribution in [0.4, 0.5) is 9.52 Å². The van der Waals surface area contributed by atoms with Gasteiger partial charge in [0, 0.05) is 6.92 Å². The molecule has 2 N–H and O–H groups in total. The van der Waals surface area contributed by atoms with Crippen LogP contribution in [0.15, 0.2) is 22.7 Å². The zero-order valence-corrected chi connectivity index (χ0v) is 15.0. The summed E-state index contributed by atoms with van der Waals surface area (Å²) in [7, 11) is 0. The normalized spacial score (nSPS) is 16.2. The molecule has 3 aromatic rings. The van der Waals surface area contributed by atoms with Crippen molar-refractivity contribution in [3.8, 4) is 0 Å². The number of hydrogen-bond donors (Lipinski definition) is 2. The highest BCUT2D eigenvalue weighted by atomic mass is 32.1. The van der Waals surface area contributed by atoms with E-state index in [1.54, 1.807) is 13.0 Å². The van der Waals surface area contributed by atoms with Crippen LogP contribution in [-0.2, 0) is 10.3 Å². The molecule has 1 saturated carbocycles. The molecule has 0 unspecified atom stereocenters. The van der Waals surface area contributed by atoms with Gasteiger partial charge in [-0.3, -0.25) is 10.1 Å². The molecule has 2 heterocycles. The minimum atomic E-state index is -0.425. The van der Waals surface area contributed by atoms with Crippen molar-refractivity contribution >= 4 is 32.6 Å². The van der Waals surface area contributed by atoms with Gasteiger partial charge in [0.1, 0.15) is 5.82 Å². The van der Waals surface area contributed by atoms with E-state index < -0.39 is 5.54 Å². The van der Waals surface area contributed by atoms with E-state index >= 15 is 0 Å². The second kappa shape index (κ2) is 6.73. The Morgan fingerprint density at radius 1 is 1.35 bits per heavy atom. The minimum absolute atomic E-state index is 0.109. The molecule has 136 valence electrons. The van der Waals surface area contributed by atoms with Gasteiger partial charge in [-0.1, -0.05) is 29.3 Å². The lowest BCUT2D eigenvalue weighted by molar-refractivity contribution is -0.115. The number of halogens is 1. The summed E-state index contributed by atoms with van der Waals surface area (Å²) in [5.74, 6) is 0.588. The van der Waals surface area contributed by atoms with E-state index in [1.807, 2.05) is 0 Å². The number of carbonyl (C=O) groups excluding carboxylic acids is 1. The topological polar surface area (TPSA) is 92.9 Å².